The standard InChI is InChI=1S/C14H15NO/c1-9-4-5-15-8-13(9)12-6-11(3)14(16)7-10(12)2/h4-8,16H,1-3H3. The van der Waals surface area contributed by atoms with Gasteiger partial charge in [-0.1, -0.05) is 0 Å². The predicted molar refractivity (Wildman–Crippen MR) is 65.5 cm³/mol. The van der Waals surface area contributed by atoms with Crippen molar-refractivity contribution in [1.82, 2.24) is 4.98 Å². The monoisotopic (exact) mass is 213 g/mol. The van der Waals surface area contributed by atoms with Crippen LogP contribution in [0.15, 0.2) is 30.6 Å². The Hall–Kier alpha value is -1.83. The zero-order chi connectivity index (χ0) is 11.7. The third-order valence-electron chi connectivity index (χ3n) is 2.87. The number of benzene rings is 1. The van der Waals surface area contributed by atoms with E-state index in [1.807, 2.05) is 32.2 Å². The van der Waals surface area contributed by atoms with Gasteiger partial charge in [-0.25, -0.2) is 0 Å². The van der Waals surface area contributed by atoms with E-state index in [0.717, 1.165) is 22.3 Å². The second-order valence-corrected chi connectivity index (χ2v) is 4.14. The van der Waals surface area contributed by atoms with Crippen LogP contribution in [0.4, 0.5) is 0 Å². The van der Waals surface area contributed by atoms with Crippen molar-refractivity contribution < 1.29 is 5.11 Å². The van der Waals surface area contributed by atoms with Crippen molar-refractivity contribution in [2.24, 2.45) is 0 Å². The highest BCUT2D eigenvalue weighted by Gasteiger charge is 2.07. The molecule has 1 heterocycles. The number of hydrogen-bond acceptors (Lipinski definition) is 2. The molecule has 0 radical (unpaired) electrons. The molecule has 82 valence electrons. The Bertz CT molecular complexity index is 532. The topological polar surface area (TPSA) is 33.1 Å². The molecule has 0 saturated carbocycles. The highest BCUT2D eigenvalue weighted by Crippen LogP contribution is 2.30. The number of aromatic nitrogens is 1. The van der Waals surface area contributed by atoms with Crippen LogP contribution in [-0.4, -0.2) is 10.1 Å². The van der Waals surface area contributed by atoms with E-state index in [2.05, 4.69) is 11.9 Å². The van der Waals surface area contributed by atoms with Gasteiger partial charge in [0.15, 0.2) is 0 Å². The molecule has 1 N–H and O–H groups in total. The first kappa shape index (κ1) is 10.7. The third kappa shape index (κ3) is 1.78. The molecule has 0 aliphatic rings. The SMILES string of the molecule is Cc1cc(-c2cnccc2C)c(C)cc1O. The third-order valence-corrected chi connectivity index (χ3v) is 2.87. The van der Waals surface area contributed by atoms with Gasteiger partial charge in [0.05, 0.1) is 0 Å². The summed E-state index contributed by atoms with van der Waals surface area (Å²) in [6.07, 6.45) is 3.66. The van der Waals surface area contributed by atoms with Gasteiger partial charge in [0.25, 0.3) is 0 Å². The molecule has 2 aromatic rings. The van der Waals surface area contributed by atoms with Crippen LogP contribution in [0.3, 0.4) is 0 Å². The molecule has 0 aliphatic heterocycles. The molecule has 0 unspecified atom stereocenters. The van der Waals surface area contributed by atoms with Crippen molar-refractivity contribution in [1.29, 1.82) is 0 Å². The largest absolute Gasteiger partial charge is 0.508 e. The van der Waals surface area contributed by atoms with Crippen LogP contribution in [0.1, 0.15) is 16.7 Å². The minimum Gasteiger partial charge on any atom is -0.508 e. The van der Waals surface area contributed by atoms with Crippen molar-refractivity contribution >= 4 is 0 Å². The Labute approximate surface area is 95.6 Å². The number of aryl methyl sites for hydroxylation is 3. The zero-order valence-electron chi connectivity index (χ0n) is 9.78. The fraction of sp³-hybridized carbons (Fsp3) is 0.214. The molecule has 0 saturated heterocycles. The summed E-state index contributed by atoms with van der Waals surface area (Å²) in [6, 6.07) is 5.81. The molecular formula is C14H15NO. The van der Waals surface area contributed by atoms with Crippen molar-refractivity contribution in [2.75, 3.05) is 0 Å². The number of aromatic hydroxyl groups is 1. The van der Waals surface area contributed by atoms with Crippen LogP contribution in [0.5, 0.6) is 5.75 Å². The van der Waals surface area contributed by atoms with Gasteiger partial charge in [-0.15, -0.1) is 0 Å². The first-order valence-electron chi connectivity index (χ1n) is 5.31. The Morgan fingerprint density at radius 2 is 1.69 bits per heavy atom. The summed E-state index contributed by atoms with van der Waals surface area (Å²) in [4.78, 5) is 4.15. The fourth-order valence-electron chi connectivity index (χ4n) is 1.84. The minimum absolute atomic E-state index is 0.350. The zero-order valence-corrected chi connectivity index (χ0v) is 9.78. The quantitative estimate of drug-likeness (QED) is 0.787. The normalized spacial score (nSPS) is 10.4. The summed E-state index contributed by atoms with van der Waals surface area (Å²) in [7, 11) is 0. The molecule has 0 fully saturated rings. The summed E-state index contributed by atoms with van der Waals surface area (Å²) in [5, 5.41) is 9.63. The van der Waals surface area contributed by atoms with E-state index in [1.54, 1.807) is 12.3 Å². The van der Waals surface area contributed by atoms with Crippen LogP contribution < -0.4 is 0 Å². The Kier molecular flexibility index (Phi) is 2.65. The summed E-state index contributed by atoms with van der Waals surface area (Å²) >= 11 is 0. The molecule has 2 rings (SSSR count). The summed E-state index contributed by atoms with van der Waals surface area (Å²) in [6.45, 7) is 5.98. The first-order valence-corrected chi connectivity index (χ1v) is 5.31. The van der Waals surface area contributed by atoms with Crippen molar-refractivity contribution in [3.8, 4) is 16.9 Å². The van der Waals surface area contributed by atoms with Crippen LogP contribution in [0.2, 0.25) is 0 Å². The van der Waals surface area contributed by atoms with Gasteiger partial charge < -0.3 is 5.11 Å². The number of nitrogens with zero attached hydrogens (tertiary/aromatic N) is 1. The summed E-state index contributed by atoms with van der Waals surface area (Å²) < 4.78 is 0. The van der Waals surface area contributed by atoms with Crippen molar-refractivity contribution in [3.63, 3.8) is 0 Å². The van der Waals surface area contributed by atoms with Gasteiger partial charge in [0.1, 0.15) is 5.75 Å². The van der Waals surface area contributed by atoms with Crippen molar-refractivity contribution in [2.45, 2.75) is 20.8 Å². The van der Waals surface area contributed by atoms with Crippen LogP contribution >= 0.6 is 0 Å². The minimum atomic E-state index is 0.350. The van der Waals surface area contributed by atoms with Gasteiger partial charge >= 0.3 is 0 Å². The van der Waals surface area contributed by atoms with Crippen LogP contribution in [-0.2, 0) is 0 Å². The fourth-order valence-corrected chi connectivity index (χ4v) is 1.84. The number of pyridine rings is 1. The lowest BCUT2D eigenvalue weighted by Gasteiger charge is -2.10. The summed E-state index contributed by atoms with van der Waals surface area (Å²) in [5.41, 5.74) is 5.43. The average Bonchev–Trinajstić information content (AvgIpc) is 2.25. The molecule has 0 amide bonds. The number of rotatable bonds is 1. The van der Waals surface area contributed by atoms with Gasteiger partial charge in [-0.3, -0.25) is 4.98 Å². The van der Waals surface area contributed by atoms with E-state index in [0.29, 0.717) is 5.75 Å². The van der Waals surface area contributed by atoms with E-state index in [9.17, 15) is 5.11 Å². The lowest BCUT2D eigenvalue weighted by atomic mass is 9.96. The smallest absolute Gasteiger partial charge is 0.118 e. The van der Waals surface area contributed by atoms with E-state index in [1.165, 1.54) is 5.56 Å². The molecule has 1 aromatic heterocycles. The van der Waals surface area contributed by atoms with Crippen molar-refractivity contribution in [3.05, 3.63) is 47.3 Å². The maximum absolute atomic E-state index is 9.63. The molecule has 1 aromatic carbocycles. The number of phenols is 1. The molecule has 0 spiro atoms. The number of phenolic OH excluding ortho intramolecular Hbond substituents is 1. The highest BCUT2D eigenvalue weighted by atomic mass is 16.3. The first-order chi connectivity index (χ1) is 7.59. The Morgan fingerprint density at radius 3 is 2.38 bits per heavy atom. The summed E-state index contributed by atoms with van der Waals surface area (Å²) in [5.74, 6) is 0.350. The second kappa shape index (κ2) is 3.97. The molecule has 2 nitrogen and oxygen atoms in total. The van der Waals surface area contributed by atoms with E-state index >= 15 is 0 Å². The lowest BCUT2D eigenvalue weighted by Crippen LogP contribution is -1.89. The van der Waals surface area contributed by atoms with Crippen LogP contribution in [0.25, 0.3) is 11.1 Å². The number of hydrogen-bond donors (Lipinski definition) is 1. The van der Waals surface area contributed by atoms with Gasteiger partial charge in [-0.05, 0) is 61.2 Å². The molecule has 0 aliphatic carbocycles. The molecule has 16 heavy (non-hydrogen) atoms. The molecule has 0 atom stereocenters. The Balaban J connectivity index is 2.65. The molecule has 0 bridgehead atoms. The van der Waals surface area contributed by atoms with Gasteiger partial charge in [0.2, 0.25) is 0 Å². The second-order valence-electron chi connectivity index (χ2n) is 4.14. The maximum Gasteiger partial charge on any atom is 0.118 e. The van der Waals surface area contributed by atoms with E-state index in [4.69, 9.17) is 0 Å². The Morgan fingerprint density at radius 1 is 0.938 bits per heavy atom. The average molecular weight is 213 g/mol. The van der Waals surface area contributed by atoms with E-state index < -0.39 is 0 Å². The van der Waals surface area contributed by atoms with E-state index in [-0.39, 0.29) is 0 Å². The highest BCUT2D eigenvalue weighted by molar-refractivity contribution is 5.71. The van der Waals surface area contributed by atoms with Gasteiger partial charge in [-0.2, -0.15) is 0 Å². The molecular weight excluding hydrogens is 198 g/mol. The maximum atomic E-state index is 9.63. The van der Waals surface area contributed by atoms with Gasteiger partial charge in [0, 0.05) is 18.0 Å². The predicted octanol–water partition coefficient (Wildman–Crippen LogP) is 3.38. The van der Waals surface area contributed by atoms with Crippen LogP contribution in [0, 0.1) is 20.8 Å². The molecule has 2 heteroatoms. The lowest BCUT2D eigenvalue weighted by molar-refractivity contribution is 0.471.